The number of pyridine rings is 1. The summed E-state index contributed by atoms with van der Waals surface area (Å²) in [6, 6.07) is 14.4. The monoisotopic (exact) mass is 592 g/mol. The van der Waals surface area contributed by atoms with Crippen LogP contribution < -0.4 is 20.9 Å². The third-order valence-electron chi connectivity index (χ3n) is 7.71. The lowest BCUT2D eigenvalue weighted by Crippen LogP contribution is -2.49. The molecule has 0 unspecified atom stereocenters. The second-order valence-corrected chi connectivity index (χ2v) is 11.3. The number of benzene rings is 2. The van der Waals surface area contributed by atoms with Crippen LogP contribution in [-0.4, -0.2) is 84.5 Å². The Balaban J connectivity index is 1.30. The van der Waals surface area contributed by atoms with E-state index in [2.05, 4.69) is 35.3 Å². The van der Waals surface area contributed by atoms with Crippen molar-refractivity contribution in [2.75, 3.05) is 67.9 Å². The van der Waals surface area contributed by atoms with Crippen molar-refractivity contribution in [3.63, 3.8) is 0 Å². The van der Waals surface area contributed by atoms with E-state index >= 15 is 0 Å². The van der Waals surface area contributed by atoms with Crippen molar-refractivity contribution in [3.8, 4) is 0 Å². The van der Waals surface area contributed by atoms with Gasteiger partial charge in [-0.3, -0.25) is 19.1 Å². The minimum absolute atomic E-state index is 0.249. The minimum Gasteiger partial charge on any atom is -0.367 e. The Labute approximate surface area is 249 Å². The Bertz CT molecular complexity index is 1480. The smallest absolute Gasteiger partial charge is 0.279 e. The maximum atomic E-state index is 13.6. The van der Waals surface area contributed by atoms with Crippen molar-refractivity contribution in [1.82, 2.24) is 15.2 Å². The molecule has 4 heterocycles. The number of carbonyl (C=O) groups is 2. The number of piperazine rings is 1. The lowest BCUT2D eigenvalue weighted by molar-refractivity contribution is -0.587. The van der Waals surface area contributed by atoms with Gasteiger partial charge in [0.2, 0.25) is 0 Å². The number of amides is 2. The summed E-state index contributed by atoms with van der Waals surface area (Å²) in [5, 5.41) is 10.0. The van der Waals surface area contributed by atoms with E-state index in [1.54, 1.807) is 24.3 Å². The van der Waals surface area contributed by atoms with Gasteiger partial charge < -0.3 is 20.9 Å². The summed E-state index contributed by atoms with van der Waals surface area (Å²) in [6.45, 7) is 7.25. The normalized spacial score (nSPS) is 16.5. The zero-order valence-electron chi connectivity index (χ0n) is 22.6. The molecule has 2 aromatic carbocycles. The van der Waals surface area contributed by atoms with E-state index in [-0.39, 0.29) is 11.5 Å². The van der Waals surface area contributed by atoms with Gasteiger partial charge in [-0.25, -0.2) is 4.98 Å². The van der Waals surface area contributed by atoms with E-state index in [0.29, 0.717) is 45.9 Å². The van der Waals surface area contributed by atoms with E-state index in [1.165, 1.54) is 24.9 Å². The van der Waals surface area contributed by atoms with Crippen LogP contribution in [0, 0.1) is 0 Å². The zero-order chi connectivity index (χ0) is 28.3. The molecule has 212 valence electrons. The molecule has 3 fully saturated rings. The fourth-order valence-corrected chi connectivity index (χ4v) is 5.59. The third-order valence-corrected chi connectivity index (χ3v) is 8.15. The van der Waals surface area contributed by atoms with Crippen molar-refractivity contribution in [2.24, 2.45) is 0 Å². The second-order valence-electron chi connectivity index (χ2n) is 10.4. The van der Waals surface area contributed by atoms with Crippen molar-refractivity contribution in [3.05, 3.63) is 81.5 Å². The van der Waals surface area contributed by atoms with Crippen LogP contribution in [0.5, 0.6) is 0 Å². The highest BCUT2D eigenvalue weighted by atomic mass is 35.5. The first-order valence-corrected chi connectivity index (χ1v) is 14.7. The van der Waals surface area contributed by atoms with E-state index in [1.807, 2.05) is 24.3 Å². The molecule has 0 bridgehead atoms. The highest BCUT2D eigenvalue weighted by Crippen LogP contribution is 2.35. The summed E-state index contributed by atoms with van der Waals surface area (Å²) in [6.07, 6.45) is 3.87. The highest BCUT2D eigenvalue weighted by Gasteiger charge is 2.32. The fourth-order valence-electron chi connectivity index (χ4n) is 5.27. The van der Waals surface area contributed by atoms with E-state index in [4.69, 9.17) is 23.2 Å². The molecule has 41 heavy (non-hydrogen) atoms. The Morgan fingerprint density at radius 1 is 0.829 bits per heavy atom. The van der Waals surface area contributed by atoms with Crippen LogP contribution in [0.25, 0.3) is 0 Å². The van der Waals surface area contributed by atoms with Crippen LogP contribution in [0.2, 0.25) is 10.0 Å². The van der Waals surface area contributed by atoms with Gasteiger partial charge >= 0.3 is 0 Å². The zero-order valence-corrected chi connectivity index (χ0v) is 24.1. The molecule has 0 radical (unpaired) electrons. The molecule has 0 spiro atoms. The predicted molar refractivity (Wildman–Crippen MR) is 163 cm³/mol. The highest BCUT2D eigenvalue weighted by molar-refractivity contribution is 6.32. The van der Waals surface area contributed by atoms with E-state index in [9.17, 15) is 9.59 Å². The molecule has 3 saturated heterocycles. The first-order valence-electron chi connectivity index (χ1n) is 14.0. The van der Waals surface area contributed by atoms with Crippen LogP contribution in [0.3, 0.4) is 0 Å². The average molecular weight is 594 g/mol. The Morgan fingerprint density at radius 2 is 1.56 bits per heavy atom. The number of likely N-dealkylation sites (tertiary alicyclic amines) is 1. The number of carbonyl (C=O) groups excluding carboxylic acids is 2. The van der Waals surface area contributed by atoms with Gasteiger partial charge in [0, 0.05) is 55.8 Å². The van der Waals surface area contributed by atoms with Gasteiger partial charge in [0.15, 0.2) is 0 Å². The molecular formula is C30H32Cl2N7O2+. The number of nitrogens with one attached hydrogen (secondary N) is 3. The summed E-state index contributed by atoms with van der Waals surface area (Å²) in [7, 11) is 0. The fraction of sp³-hybridized carbons (Fsp3) is 0.333. The Hall–Kier alpha value is -3.66. The van der Waals surface area contributed by atoms with Gasteiger partial charge in [-0.2, -0.15) is 0 Å². The summed E-state index contributed by atoms with van der Waals surface area (Å²) in [4.78, 5) is 35.8. The molecule has 6 rings (SSSR count). The number of hydrogen-bond donors (Lipinski definition) is 3. The maximum absolute atomic E-state index is 13.6. The Morgan fingerprint density at radius 3 is 2.17 bits per heavy atom. The average Bonchev–Trinajstić information content (AvgIpc) is 2.93. The van der Waals surface area contributed by atoms with E-state index < -0.39 is 5.91 Å². The molecule has 2 amide bonds. The van der Waals surface area contributed by atoms with Gasteiger partial charge in [-0.1, -0.05) is 23.2 Å². The molecular weight excluding hydrogens is 561 g/mol. The number of aromatic nitrogens is 1. The summed E-state index contributed by atoms with van der Waals surface area (Å²) >= 11 is 12.5. The van der Waals surface area contributed by atoms with Gasteiger partial charge in [-0.05, 0) is 48.5 Å². The quantitative estimate of drug-likeness (QED) is 0.294. The molecule has 3 aromatic rings. The number of amidine groups is 1. The van der Waals surface area contributed by atoms with Crippen molar-refractivity contribution >= 4 is 58.0 Å². The molecule has 1 aromatic heterocycles. The molecule has 0 saturated carbocycles. The van der Waals surface area contributed by atoms with Crippen LogP contribution in [0.15, 0.2) is 54.7 Å². The summed E-state index contributed by atoms with van der Waals surface area (Å²) in [5.74, 6) is 0.853. The minimum atomic E-state index is -0.437. The van der Waals surface area contributed by atoms with Crippen molar-refractivity contribution < 1.29 is 14.2 Å². The molecule has 11 heteroatoms. The first-order chi connectivity index (χ1) is 20.0. The van der Waals surface area contributed by atoms with Crippen LogP contribution in [0.4, 0.5) is 17.2 Å². The molecule has 3 aliphatic rings. The third kappa shape index (κ3) is 6.02. The van der Waals surface area contributed by atoms with Gasteiger partial charge in [0.1, 0.15) is 5.82 Å². The number of rotatable bonds is 6. The van der Waals surface area contributed by atoms with Gasteiger partial charge in [0.25, 0.3) is 17.6 Å². The SMILES string of the molecule is O=C(Nc1c(C(=O)Nc2ccc(Cl)cn2)cc(Cl)cc1N1CCNCC1)c1ccc(C(N2CCC2)=[N+]2CCC2)cc1. The van der Waals surface area contributed by atoms with Crippen molar-refractivity contribution in [1.29, 1.82) is 0 Å². The van der Waals surface area contributed by atoms with Crippen LogP contribution >= 0.6 is 23.2 Å². The number of hydrogen-bond acceptors (Lipinski definition) is 5. The first kappa shape index (κ1) is 27.5. The number of anilines is 3. The molecule has 0 aliphatic carbocycles. The van der Waals surface area contributed by atoms with Crippen LogP contribution in [-0.2, 0) is 0 Å². The van der Waals surface area contributed by atoms with Crippen LogP contribution in [0.1, 0.15) is 39.1 Å². The standard InChI is InChI=1S/C30H31Cl2N7O2/c31-22-7-8-26(34-19-22)35-29(41)24-17-23(32)18-25(37-15-9-33-10-16-37)27(24)36-28(40)20-3-5-21(6-4-20)30(38-11-1-12-38)39-13-2-14-39/h3-8,17-19,33H,1-2,9-16H2,(H-,34,35,36,40,41)/p+1. The lowest BCUT2D eigenvalue weighted by atomic mass is 10.0. The van der Waals surface area contributed by atoms with Gasteiger partial charge in [0.05, 0.1) is 53.7 Å². The molecule has 3 N–H and O–H groups in total. The Kier molecular flexibility index (Phi) is 8.09. The molecule has 3 aliphatic heterocycles. The van der Waals surface area contributed by atoms with E-state index in [0.717, 1.165) is 44.8 Å². The number of halogens is 2. The largest absolute Gasteiger partial charge is 0.367 e. The summed E-state index contributed by atoms with van der Waals surface area (Å²) < 4.78 is 2.40. The number of nitrogens with zero attached hydrogens (tertiary/aromatic N) is 4. The lowest BCUT2D eigenvalue weighted by Gasteiger charge is -2.32. The molecule has 0 atom stereocenters. The second kappa shape index (κ2) is 12.1. The topological polar surface area (TPSA) is 92.6 Å². The summed E-state index contributed by atoms with van der Waals surface area (Å²) in [5.41, 5.74) is 2.98. The predicted octanol–water partition coefficient (Wildman–Crippen LogP) is 4.17. The van der Waals surface area contributed by atoms with Gasteiger partial charge in [-0.15, -0.1) is 0 Å². The van der Waals surface area contributed by atoms with Crippen molar-refractivity contribution in [2.45, 2.75) is 12.8 Å². The maximum Gasteiger partial charge on any atom is 0.279 e. The molecule has 9 nitrogen and oxygen atoms in total.